The van der Waals surface area contributed by atoms with Crippen LogP contribution in [-0.4, -0.2) is 140 Å². The van der Waals surface area contributed by atoms with Gasteiger partial charge in [0.15, 0.2) is 5.66 Å². The first kappa shape index (κ1) is 30.5. The number of nitrogens with one attached hydrogen (secondary N) is 4. The summed E-state index contributed by atoms with van der Waals surface area (Å²) in [6, 6.07) is -4.38. The Morgan fingerprint density at radius 1 is 1.21 bits per heavy atom. The van der Waals surface area contributed by atoms with Crippen molar-refractivity contribution in [1.29, 1.82) is 0 Å². The Labute approximate surface area is 255 Å². The zero-order chi connectivity index (χ0) is 30.6. The summed E-state index contributed by atoms with van der Waals surface area (Å²) in [7, 11) is 1.47. The smallest absolute Gasteiger partial charge is 0.414 e. The second kappa shape index (κ2) is 11.0. The molecule has 42 heavy (non-hydrogen) atoms. The van der Waals surface area contributed by atoms with Crippen LogP contribution in [0, 0.1) is 0 Å². The van der Waals surface area contributed by atoms with Gasteiger partial charge in [0, 0.05) is 26.7 Å². The minimum Gasteiger partial charge on any atom is -0.445 e. The monoisotopic (exact) mass is 651 g/mol. The minimum absolute atomic E-state index is 0.140. The minimum atomic E-state index is -2.70. The Kier molecular flexibility index (Phi) is 7.98. The van der Waals surface area contributed by atoms with E-state index >= 15 is 0 Å². The number of hydrogen-bond donors (Lipinski definition) is 6. The molecular weight excluding hydrogens is 621 g/mol. The Hall–Kier alpha value is -2.92. The number of halogens is 3. The molecule has 232 valence electrons. The van der Waals surface area contributed by atoms with Gasteiger partial charge in [-0.25, -0.2) is 19.4 Å². The van der Waals surface area contributed by atoms with E-state index < -0.39 is 64.0 Å². The highest BCUT2D eigenvalue weighted by Crippen LogP contribution is 2.45. The molecule has 1 unspecified atom stereocenters. The topological polar surface area (TPSA) is 191 Å². The lowest BCUT2D eigenvalue weighted by Gasteiger charge is -2.49. The lowest BCUT2D eigenvalue weighted by molar-refractivity contribution is -0.231. The van der Waals surface area contributed by atoms with Gasteiger partial charge in [-0.15, -0.1) is 0 Å². The van der Waals surface area contributed by atoms with Gasteiger partial charge in [-0.05, 0) is 19.3 Å². The molecule has 5 heterocycles. The molecule has 5 rings (SSSR count). The number of amides is 6. The van der Waals surface area contributed by atoms with Gasteiger partial charge in [0.05, 0.1) is 24.4 Å². The van der Waals surface area contributed by atoms with Gasteiger partial charge in [0.25, 0.3) is 0 Å². The summed E-state index contributed by atoms with van der Waals surface area (Å²) in [5.41, 5.74) is -1.88. The Morgan fingerprint density at radius 3 is 2.52 bits per heavy atom. The van der Waals surface area contributed by atoms with E-state index in [0.717, 1.165) is 24.2 Å². The standard InChI is InChI=1S/C23H32Cl3N9O7/c1-12-27-16-13(8-34-15(36)10-32(2)20(34)39)28-17(30-19(38)42-11-21(24,25)26)35-9-14(23(40,41)22(16,35)31-12)29-18(37)33-6-4-3-5-7-33/h13-14,16,27,31,40-41H,1,3-11H2,2H3,(H,29,37)(H,28,30,38)/t13-,14?,16-,22-/m0/s1. The average molecular weight is 653 g/mol. The number of likely N-dealkylation sites (N-methyl/N-ethyl adjacent to an activating group) is 1. The molecule has 6 amide bonds. The van der Waals surface area contributed by atoms with E-state index in [9.17, 15) is 29.4 Å². The van der Waals surface area contributed by atoms with Crippen molar-refractivity contribution >= 4 is 64.8 Å². The number of piperidine rings is 1. The van der Waals surface area contributed by atoms with Gasteiger partial charge < -0.3 is 45.6 Å². The number of rotatable bonds is 4. The number of urea groups is 2. The molecule has 16 nitrogen and oxygen atoms in total. The van der Waals surface area contributed by atoms with E-state index in [2.05, 4.69) is 32.8 Å². The third-order valence-corrected chi connectivity index (χ3v) is 8.34. The SMILES string of the molecule is C=C1N[C@H]2[C@H](CN3C(=O)CN(C)C3=O)N=C(NC(=O)OCC(Cl)(Cl)Cl)N3CC(NC(=O)N4CCCCC4)C(O)(O)[C@]23N1. The van der Waals surface area contributed by atoms with Gasteiger partial charge >= 0.3 is 18.2 Å². The Bertz CT molecular complexity index is 1210. The lowest BCUT2D eigenvalue weighted by Crippen LogP contribution is -2.78. The van der Waals surface area contributed by atoms with Crippen molar-refractivity contribution in [3.63, 3.8) is 0 Å². The van der Waals surface area contributed by atoms with Gasteiger partial charge in [0.1, 0.15) is 19.2 Å². The number of hydrogen-bond acceptors (Lipinski definition) is 11. The van der Waals surface area contributed by atoms with Crippen LogP contribution in [0.25, 0.3) is 0 Å². The summed E-state index contributed by atoms with van der Waals surface area (Å²) < 4.78 is 3.09. The van der Waals surface area contributed by atoms with Crippen LogP contribution >= 0.6 is 34.8 Å². The van der Waals surface area contributed by atoms with Crippen LogP contribution in [0.5, 0.6) is 0 Å². The number of carbonyl (C=O) groups is 4. The normalized spacial score (nSPS) is 30.4. The van der Waals surface area contributed by atoms with Crippen LogP contribution in [0.4, 0.5) is 14.4 Å². The zero-order valence-corrected chi connectivity index (χ0v) is 24.9. The molecule has 0 bridgehead atoms. The summed E-state index contributed by atoms with van der Waals surface area (Å²) in [5.74, 6) is -3.21. The van der Waals surface area contributed by atoms with Crippen LogP contribution in [0.1, 0.15) is 19.3 Å². The lowest BCUT2D eigenvalue weighted by atomic mass is 9.85. The van der Waals surface area contributed by atoms with Crippen molar-refractivity contribution in [2.24, 2.45) is 4.99 Å². The maximum absolute atomic E-state index is 13.1. The highest BCUT2D eigenvalue weighted by Gasteiger charge is 2.74. The molecule has 19 heteroatoms. The number of guanidine groups is 1. The van der Waals surface area contributed by atoms with Crippen LogP contribution in [-0.2, 0) is 9.53 Å². The molecular formula is C23H32Cl3N9O7. The third kappa shape index (κ3) is 5.34. The zero-order valence-electron chi connectivity index (χ0n) is 22.6. The predicted molar refractivity (Wildman–Crippen MR) is 149 cm³/mol. The Morgan fingerprint density at radius 2 is 1.90 bits per heavy atom. The highest BCUT2D eigenvalue weighted by atomic mass is 35.6. The van der Waals surface area contributed by atoms with Crippen molar-refractivity contribution in [1.82, 2.24) is 40.9 Å². The van der Waals surface area contributed by atoms with E-state index in [1.807, 2.05) is 0 Å². The number of likely N-dealkylation sites (tertiary alicyclic amines) is 1. The van der Waals surface area contributed by atoms with Gasteiger partial charge in [-0.3, -0.25) is 15.0 Å². The molecule has 4 fully saturated rings. The molecule has 5 aliphatic rings. The number of aliphatic imine (C=N–C) groups is 1. The van der Waals surface area contributed by atoms with Gasteiger partial charge in [-0.2, -0.15) is 0 Å². The quantitative estimate of drug-likeness (QED) is 0.125. The first-order valence-corrected chi connectivity index (χ1v) is 14.4. The largest absolute Gasteiger partial charge is 0.445 e. The maximum atomic E-state index is 13.1. The number of imide groups is 1. The number of alkyl carbamates (subject to hydrolysis) is 1. The third-order valence-electron chi connectivity index (χ3n) is 8.01. The summed E-state index contributed by atoms with van der Waals surface area (Å²) in [4.78, 5) is 60.9. The average Bonchev–Trinajstić information content (AvgIpc) is 3.48. The fourth-order valence-electron chi connectivity index (χ4n) is 6.08. The van der Waals surface area contributed by atoms with Crippen molar-refractivity contribution in [2.45, 2.75) is 52.6 Å². The molecule has 0 aromatic carbocycles. The molecule has 0 aromatic rings. The van der Waals surface area contributed by atoms with E-state index in [0.29, 0.717) is 13.1 Å². The summed E-state index contributed by atoms with van der Waals surface area (Å²) >= 11 is 17.1. The molecule has 0 radical (unpaired) electrons. The number of carbonyl (C=O) groups excluding carboxylic acids is 4. The second-order valence-corrected chi connectivity index (χ2v) is 13.4. The first-order chi connectivity index (χ1) is 19.6. The van der Waals surface area contributed by atoms with Gasteiger partial charge in [0.2, 0.25) is 21.4 Å². The fraction of sp³-hybridized carbons (Fsp3) is 0.696. The van der Waals surface area contributed by atoms with Crippen molar-refractivity contribution in [3.8, 4) is 0 Å². The highest BCUT2D eigenvalue weighted by molar-refractivity contribution is 6.67. The molecule has 4 atom stereocenters. The number of aliphatic hydroxyl groups is 2. The van der Waals surface area contributed by atoms with Gasteiger partial charge in [-0.1, -0.05) is 41.4 Å². The number of alkyl halides is 3. The van der Waals surface area contributed by atoms with Crippen LogP contribution < -0.4 is 21.3 Å². The molecule has 6 N–H and O–H groups in total. The molecule has 1 spiro atoms. The molecule has 0 aliphatic carbocycles. The molecule has 5 aliphatic heterocycles. The Balaban J connectivity index is 1.49. The molecule has 0 saturated carbocycles. The fourth-order valence-corrected chi connectivity index (χ4v) is 6.24. The van der Waals surface area contributed by atoms with Crippen LogP contribution in [0.3, 0.4) is 0 Å². The van der Waals surface area contributed by atoms with E-state index in [-0.39, 0.29) is 31.4 Å². The van der Waals surface area contributed by atoms with Crippen LogP contribution in [0.2, 0.25) is 0 Å². The first-order valence-electron chi connectivity index (χ1n) is 13.3. The summed E-state index contributed by atoms with van der Waals surface area (Å²) in [6.07, 6.45) is 1.57. The second-order valence-electron chi connectivity index (χ2n) is 10.9. The van der Waals surface area contributed by atoms with E-state index in [4.69, 9.17) is 39.5 Å². The predicted octanol–water partition coefficient (Wildman–Crippen LogP) is -0.995. The van der Waals surface area contributed by atoms with E-state index in [1.54, 1.807) is 4.90 Å². The van der Waals surface area contributed by atoms with Crippen molar-refractivity contribution in [2.75, 3.05) is 46.4 Å². The van der Waals surface area contributed by atoms with E-state index in [1.165, 1.54) is 16.8 Å². The van der Waals surface area contributed by atoms with Crippen LogP contribution in [0.15, 0.2) is 17.4 Å². The van der Waals surface area contributed by atoms with Crippen molar-refractivity contribution < 1.29 is 34.1 Å². The summed E-state index contributed by atoms with van der Waals surface area (Å²) in [6.45, 7) is 3.67. The maximum Gasteiger partial charge on any atom is 0.414 e. The molecule has 4 saturated heterocycles. The summed E-state index contributed by atoms with van der Waals surface area (Å²) in [5, 5.41) is 34.8. The number of ether oxygens (including phenoxy) is 1. The number of nitrogens with zero attached hydrogens (tertiary/aromatic N) is 5. The van der Waals surface area contributed by atoms with Crippen molar-refractivity contribution in [3.05, 3.63) is 12.4 Å². The molecule has 0 aromatic heterocycles.